The van der Waals surface area contributed by atoms with Crippen LogP contribution >= 0.6 is 11.8 Å². The molecular weight excluding hydrogens is 358 g/mol. The molecule has 0 spiro atoms. The summed E-state index contributed by atoms with van der Waals surface area (Å²) in [6.07, 6.45) is 0. The Morgan fingerprint density at radius 1 is 1.04 bits per heavy atom. The van der Waals surface area contributed by atoms with Crippen LogP contribution in [-0.4, -0.2) is 26.5 Å². The van der Waals surface area contributed by atoms with E-state index in [9.17, 15) is 4.79 Å². The second-order valence-electron chi connectivity index (χ2n) is 6.65. The Balaban J connectivity index is 1.67. The number of nitrogens with one attached hydrogen (secondary N) is 1. The van der Waals surface area contributed by atoms with Crippen molar-refractivity contribution in [3.63, 3.8) is 0 Å². The lowest BCUT2D eigenvalue weighted by molar-refractivity contribution is -0.113. The molecular formula is C20H23N5OS. The normalized spacial score (nSPS) is 10.8. The second kappa shape index (κ2) is 7.84. The third kappa shape index (κ3) is 4.31. The summed E-state index contributed by atoms with van der Waals surface area (Å²) in [4.78, 5) is 12.4. The lowest BCUT2D eigenvalue weighted by Gasteiger charge is -2.12. The maximum Gasteiger partial charge on any atom is 0.234 e. The molecule has 2 aromatic carbocycles. The molecule has 0 fully saturated rings. The Bertz CT molecular complexity index is 956. The largest absolute Gasteiger partial charge is 0.335 e. The molecule has 3 N–H and O–H groups in total. The number of rotatable bonds is 5. The van der Waals surface area contributed by atoms with E-state index >= 15 is 0 Å². The third-order valence-corrected chi connectivity index (χ3v) is 5.19. The van der Waals surface area contributed by atoms with Crippen LogP contribution in [0.1, 0.15) is 22.3 Å². The summed E-state index contributed by atoms with van der Waals surface area (Å²) in [5.74, 6) is 6.79. The number of nitrogen functional groups attached to an aromatic ring is 1. The number of nitrogens with zero attached hydrogens (tertiary/aromatic N) is 3. The first-order valence-electron chi connectivity index (χ1n) is 8.63. The van der Waals surface area contributed by atoms with Gasteiger partial charge in [0, 0.05) is 11.3 Å². The summed E-state index contributed by atoms with van der Waals surface area (Å²) >= 11 is 1.26. The number of carbonyl (C=O) groups is 1. The van der Waals surface area contributed by atoms with Gasteiger partial charge in [-0.1, -0.05) is 59.3 Å². The van der Waals surface area contributed by atoms with Crippen molar-refractivity contribution >= 4 is 23.4 Å². The number of aryl methyl sites for hydroxylation is 4. The Morgan fingerprint density at radius 3 is 2.30 bits per heavy atom. The van der Waals surface area contributed by atoms with Crippen LogP contribution in [0, 0.1) is 27.7 Å². The van der Waals surface area contributed by atoms with Crippen molar-refractivity contribution in [3.8, 4) is 11.4 Å². The van der Waals surface area contributed by atoms with Gasteiger partial charge in [-0.3, -0.25) is 4.79 Å². The van der Waals surface area contributed by atoms with Gasteiger partial charge in [0.15, 0.2) is 5.82 Å². The van der Waals surface area contributed by atoms with Crippen molar-refractivity contribution in [3.05, 3.63) is 58.7 Å². The van der Waals surface area contributed by atoms with Crippen molar-refractivity contribution in [1.29, 1.82) is 0 Å². The molecule has 0 aliphatic rings. The molecule has 0 aliphatic heterocycles. The second-order valence-corrected chi connectivity index (χ2v) is 7.60. The molecule has 1 aromatic heterocycles. The van der Waals surface area contributed by atoms with Gasteiger partial charge in [-0.05, 0) is 38.8 Å². The van der Waals surface area contributed by atoms with Gasteiger partial charge in [0.1, 0.15) is 0 Å². The van der Waals surface area contributed by atoms with E-state index in [1.165, 1.54) is 22.0 Å². The maximum atomic E-state index is 12.4. The zero-order valence-corrected chi connectivity index (χ0v) is 16.7. The van der Waals surface area contributed by atoms with E-state index in [4.69, 9.17) is 5.84 Å². The smallest absolute Gasteiger partial charge is 0.234 e. The molecule has 27 heavy (non-hydrogen) atoms. The zero-order chi connectivity index (χ0) is 19.6. The van der Waals surface area contributed by atoms with Crippen molar-refractivity contribution in [2.24, 2.45) is 0 Å². The summed E-state index contributed by atoms with van der Waals surface area (Å²) in [7, 11) is 0. The standard InChI is InChI=1S/C20H23N5OS/c1-12-5-7-16(8-6-12)19-23-24-20(25(19)21)27-11-17(26)22-18-14(3)9-13(2)10-15(18)4/h5-10H,11,21H2,1-4H3,(H,22,26). The highest BCUT2D eigenvalue weighted by molar-refractivity contribution is 7.99. The number of nitrogens with two attached hydrogens (primary N) is 1. The minimum absolute atomic E-state index is 0.102. The van der Waals surface area contributed by atoms with Crippen LogP contribution in [0.3, 0.4) is 0 Å². The fourth-order valence-corrected chi connectivity index (χ4v) is 3.61. The number of hydrogen-bond donors (Lipinski definition) is 2. The van der Waals surface area contributed by atoms with E-state index in [0.29, 0.717) is 11.0 Å². The van der Waals surface area contributed by atoms with E-state index in [1.54, 1.807) is 0 Å². The average Bonchev–Trinajstić information content (AvgIpc) is 2.98. The number of amides is 1. The molecule has 3 rings (SSSR count). The molecule has 0 saturated heterocycles. The highest BCUT2D eigenvalue weighted by atomic mass is 32.2. The Kier molecular flexibility index (Phi) is 5.51. The van der Waals surface area contributed by atoms with E-state index in [-0.39, 0.29) is 11.7 Å². The highest BCUT2D eigenvalue weighted by Crippen LogP contribution is 2.24. The molecule has 0 atom stereocenters. The molecule has 140 valence electrons. The van der Waals surface area contributed by atoms with Gasteiger partial charge in [0.05, 0.1) is 5.75 Å². The molecule has 7 heteroatoms. The Morgan fingerprint density at radius 2 is 1.67 bits per heavy atom. The van der Waals surface area contributed by atoms with Crippen LogP contribution < -0.4 is 11.2 Å². The van der Waals surface area contributed by atoms with Gasteiger partial charge in [-0.15, -0.1) is 10.2 Å². The molecule has 0 bridgehead atoms. The fraction of sp³-hybridized carbons (Fsp3) is 0.250. The first kappa shape index (κ1) is 19.0. The lowest BCUT2D eigenvalue weighted by Crippen LogP contribution is -2.17. The number of aromatic nitrogens is 3. The van der Waals surface area contributed by atoms with Crippen LogP contribution in [-0.2, 0) is 4.79 Å². The van der Waals surface area contributed by atoms with E-state index in [1.807, 2.05) is 52.0 Å². The monoisotopic (exact) mass is 381 g/mol. The first-order chi connectivity index (χ1) is 12.8. The van der Waals surface area contributed by atoms with Gasteiger partial charge in [-0.2, -0.15) is 0 Å². The van der Waals surface area contributed by atoms with E-state index < -0.39 is 0 Å². The quantitative estimate of drug-likeness (QED) is 0.521. The minimum Gasteiger partial charge on any atom is -0.335 e. The van der Waals surface area contributed by atoms with Crippen molar-refractivity contribution < 1.29 is 4.79 Å². The summed E-state index contributed by atoms with van der Waals surface area (Å²) in [5, 5.41) is 11.7. The van der Waals surface area contributed by atoms with Gasteiger partial charge in [-0.25, -0.2) is 4.68 Å². The van der Waals surface area contributed by atoms with Crippen LogP contribution in [0.4, 0.5) is 5.69 Å². The van der Waals surface area contributed by atoms with Crippen LogP contribution in [0.15, 0.2) is 41.6 Å². The molecule has 3 aromatic rings. The average molecular weight is 382 g/mol. The number of hydrogen-bond acceptors (Lipinski definition) is 5. The van der Waals surface area contributed by atoms with Gasteiger partial charge in [0.25, 0.3) is 0 Å². The first-order valence-corrected chi connectivity index (χ1v) is 9.61. The van der Waals surface area contributed by atoms with Crippen LogP contribution in [0.2, 0.25) is 0 Å². The van der Waals surface area contributed by atoms with E-state index in [2.05, 4.69) is 27.6 Å². The molecule has 6 nitrogen and oxygen atoms in total. The minimum atomic E-state index is -0.102. The molecule has 0 radical (unpaired) electrons. The van der Waals surface area contributed by atoms with Crippen molar-refractivity contribution in [2.75, 3.05) is 16.9 Å². The zero-order valence-electron chi connectivity index (χ0n) is 15.9. The topological polar surface area (TPSA) is 85.8 Å². The molecule has 0 saturated carbocycles. The Labute approximate surface area is 163 Å². The van der Waals surface area contributed by atoms with Crippen LogP contribution in [0.5, 0.6) is 0 Å². The van der Waals surface area contributed by atoms with Gasteiger partial charge in [0.2, 0.25) is 11.1 Å². The van der Waals surface area contributed by atoms with Gasteiger partial charge >= 0.3 is 0 Å². The van der Waals surface area contributed by atoms with Crippen molar-refractivity contribution in [2.45, 2.75) is 32.9 Å². The van der Waals surface area contributed by atoms with Crippen LogP contribution in [0.25, 0.3) is 11.4 Å². The van der Waals surface area contributed by atoms with Crippen molar-refractivity contribution in [1.82, 2.24) is 14.9 Å². The van der Waals surface area contributed by atoms with E-state index in [0.717, 1.165) is 27.9 Å². The number of carbonyl (C=O) groups excluding carboxylic acids is 1. The highest BCUT2D eigenvalue weighted by Gasteiger charge is 2.15. The molecule has 0 aliphatic carbocycles. The predicted octanol–water partition coefficient (Wildman–Crippen LogP) is 3.62. The summed E-state index contributed by atoms with van der Waals surface area (Å²) in [6.45, 7) is 8.05. The third-order valence-electron chi connectivity index (χ3n) is 4.25. The number of anilines is 1. The lowest BCUT2D eigenvalue weighted by atomic mass is 10.1. The maximum absolute atomic E-state index is 12.4. The molecule has 0 unspecified atom stereocenters. The summed E-state index contributed by atoms with van der Waals surface area (Å²) < 4.78 is 1.42. The SMILES string of the molecule is Cc1ccc(-c2nnc(SCC(=O)Nc3c(C)cc(C)cc3C)n2N)cc1. The molecule has 1 heterocycles. The van der Waals surface area contributed by atoms with Gasteiger partial charge < -0.3 is 11.2 Å². The summed E-state index contributed by atoms with van der Waals surface area (Å²) in [5.41, 5.74) is 6.19. The summed E-state index contributed by atoms with van der Waals surface area (Å²) in [6, 6.07) is 12.0. The fourth-order valence-electron chi connectivity index (χ4n) is 2.96. The molecule has 1 amide bonds. The number of benzene rings is 2. The predicted molar refractivity (Wildman–Crippen MR) is 110 cm³/mol. The number of thioether (sulfide) groups is 1. The Hall–Kier alpha value is -2.80.